The molecule has 0 aliphatic carbocycles. The van der Waals surface area contributed by atoms with Gasteiger partial charge in [0.05, 0.1) is 27.7 Å². The molecule has 0 saturated heterocycles. The quantitative estimate of drug-likeness (QED) is 0.155. The molecule has 1 atom stereocenters. The normalized spacial score (nSPS) is 12.0. The van der Waals surface area contributed by atoms with E-state index in [4.69, 9.17) is 27.9 Å². The van der Waals surface area contributed by atoms with E-state index < -0.39 is 28.5 Å². The molecule has 0 bridgehead atoms. The van der Waals surface area contributed by atoms with Crippen LogP contribution >= 0.6 is 23.2 Å². The first-order valence-electron chi connectivity index (χ1n) is 15.2. The van der Waals surface area contributed by atoms with Gasteiger partial charge in [0.2, 0.25) is 11.8 Å². The Balaban J connectivity index is 1.82. The Kier molecular flexibility index (Phi) is 12.3. The van der Waals surface area contributed by atoms with Crippen LogP contribution in [0.15, 0.2) is 102 Å². The van der Waals surface area contributed by atoms with Crippen molar-refractivity contribution >= 4 is 50.7 Å². The number of hydrogen-bond donors (Lipinski definition) is 1. The molecule has 4 aromatic carbocycles. The first-order valence-corrected chi connectivity index (χ1v) is 17.4. The average Bonchev–Trinajstić information content (AvgIpc) is 3.06. The highest BCUT2D eigenvalue weighted by atomic mass is 35.5. The van der Waals surface area contributed by atoms with Gasteiger partial charge in [0.1, 0.15) is 18.3 Å². The van der Waals surface area contributed by atoms with E-state index in [1.165, 1.54) is 35.2 Å². The molecule has 0 unspecified atom stereocenters. The topological polar surface area (TPSA) is 96.0 Å². The van der Waals surface area contributed by atoms with Gasteiger partial charge in [-0.25, -0.2) is 8.42 Å². The number of carbonyl (C=O) groups excluding carboxylic acids is 2. The molecule has 8 nitrogen and oxygen atoms in total. The zero-order valence-electron chi connectivity index (χ0n) is 26.8. The minimum absolute atomic E-state index is 0.00294. The maximum Gasteiger partial charge on any atom is 0.264 e. The summed E-state index contributed by atoms with van der Waals surface area (Å²) in [6, 6.07) is 26.4. The van der Waals surface area contributed by atoms with Crippen LogP contribution in [0.4, 0.5) is 5.69 Å². The van der Waals surface area contributed by atoms with Gasteiger partial charge in [0.25, 0.3) is 10.0 Å². The molecule has 0 spiro atoms. The van der Waals surface area contributed by atoms with Crippen molar-refractivity contribution in [3.05, 3.63) is 124 Å². The van der Waals surface area contributed by atoms with Crippen molar-refractivity contribution in [3.8, 4) is 5.75 Å². The van der Waals surface area contributed by atoms with Gasteiger partial charge >= 0.3 is 0 Å². The van der Waals surface area contributed by atoms with Crippen LogP contribution in [0.2, 0.25) is 10.0 Å². The van der Waals surface area contributed by atoms with Crippen LogP contribution in [0.25, 0.3) is 0 Å². The van der Waals surface area contributed by atoms with Gasteiger partial charge in [0, 0.05) is 19.5 Å². The van der Waals surface area contributed by atoms with Crippen molar-refractivity contribution in [1.82, 2.24) is 10.2 Å². The summed E-state index contributed by atoms with van der Waals surface area (Å²) < 4.78 is 34.8. The molecule has 248 valence electrons. The Hall–Kier alpha value is -4.05. The number of benzene rings is 4. The summed E-state index contributed by atoms with van der Waals surface area (Å²) >= 11 is 12.5. The molecule has 1 N–H and O–H groups in total. The molecule has 11 heteroatoms. The Bertz CT molecular complexity index is 1780. The number of rotatable bonds is 14. The van der Waals surface area contributed by atoms with Gasteiger partial charge < -0.3 is 15.0 Å². The van der Waals surface area contributed by atoms with Gasteiger partial charge in [0.15, 0.2) is 0 Å². The van der Waals surface area contributed by atoms with E-state index in [2.05, 4.69) is 5.32 Å². The third kappa shape index (κ3) is 9.50. The van der Waals surface area contributed by atoms with Crippen LogP contribution < -0.4 is 14.4 Å². The summed E-state index contributed by atoms with van der Waals surface area (Å²) in [6.45, 7) is 5.63. The monoisotopic (exact) mass is 695 g/mol. The SMILES string of the molecule is COc1cccc(CN(C(=O)CN(c2ccc(Cl)c(Cl)c2)S(=O)(=O)c2ccc(C)cc2)[C@@H](Cc2ccccc2)C(=O)NCC(C)C)c1. The van der Waals surface area contributed by atoms with Crippen LogP contribution in [-0.4, -0.2) is 51.4 Å². The summed E-state index contributed by atoms with van der Waals surface area (Å²) in [5.74, 6) is -0.182. The third-order valence-electron chi connectivity index (χ3n) is 7.52. The lowest BCUT2D eigenvalue weighted by Crippen LogP contribution is -2.53. The number of hydrogen-bond acceptors (Lipinski definition) is 5. The second-order valence-corrected chi connectivity index (χ2v) is 14.3. The number of nitrogens with one attached hydrogen (secondary N) is 1. The van der Waals surface area contributed by atoms with E-state index in [0.29, 0.717) is 17.9 Å². The molecular weight excluding hydrogens is 657 g/mol. The zero-order chi connectivity index (χ0) is 34.1. The molecule has 0 saturated carbocycles. The summed E-state index contributed by atoms with van der Waals surface area (Å²) in [5, 5.41) is 3.35. The van der Waals surface area contributed by atoms with Crippen LogP contribution in [-0.2, 0) is 32.6 Å². The number of halogens is 2. The van der Waals surface area contributed by atoms with Crippen LogP contribution in [0, 0.1) is 12.8 Å². The van der Waals surface area contributed by atoms with Crippen LogP contribution in [0.5, 0.6) is 5.75 Å². The molecule has 4 aromatic rings. The number of anilines is 1. The molecule has 2 amide bonds. The minimum Gasteiger partial charge on any atom is -0.497 e. The number of sulfonamides is 1. The van der Waals surface area contributed by atoms with Gasteiger partial charge in [-0.2, -0.15) is 0 Å². The first-order chi connectivity index (χ1) is 22.4. The Morgan fingerprint density at radius 2 is 1.53 bits per heavy atom. The number of ether oxygens (including phenoxy) is 1. The zero-order valence-corrected chi connectivity index (χ0v) is 29.1. The molecule has 0 aliphatic heterocycles. The highest BCUT2D eigenvalue weighted by Crippen LogP contribution is 2.31. The highest BCUT2D eigenvalue weighted by Gasteiger charge is 2.35. The van der Waals surface area contributed by atoms with Crippen molar-refractivity contribution in [2.45, 2.75) is 44.7 Å². The van der Waals surface area contributed by atoms with Gasteiger partial charge in [-0.1, -0.05) is 97.2 Å². The molecule has 0 radical (unpaired) electrons. The maximum absolute atomic E-state index is 14.6. The largest absolute Gasteiger partial charge is 0.497 e. The Labute approximate surface area is 287 Å². The lowest BCUT2D eigenvalue weighted by atomic mass is 10.0. The summed E-state index contributed by atoms with van der Waals surface area (Å²) in [6.07, 6.45) is 0.206. The smallest absolute Gasteiger partial charge is 0.264 e. The fourth-order valence-electron chi connectivity index (χ4n) is 4.95. The number of methoxy groups -OCH3 is 1. The molecular formula is C36H39Cl2N3O5S. The van der Waals surface area contributed by atoms with Gasteiger partial charge in [-0.3, -0.25) is 13.9 Å². The summed E-state index contributed by atoms with van der Waals surface area (Å²) in [7, 11) is -2.73. The van der Waals surface area contributed by atoms with E-state index in [0.717, 1.165) is 15.4 Å². The van der Waals surface area contributed by atoms with E-state index in [1.807, 2.05) is 57.2 Å². The highest BCUT2D eigenvalue weighted by molar-refractivity contribution is 7.92. The van der Waals surface area contributed by atoms with Crippen LogP contribution in [0.1, 0.15) is 30.5 Å². The lowest BCUT2D eigenvalue weighted by Gasteiger charge is -2.34. The van der Waals surface area contributed by atoms with Gasteiger partial charge in [-0.05, 0) is 66.4 Å². The average molecular weight is 697 g/mol. The van der Waals surface area contributed by atoms with Crippen molar-refractivity contribution in [3.63, 3.8) is 0 Å². The standard InChI is InChI=1S/C36H39Cl2N3O5S/c1-25(2)22-39-36(43)34(20-27-9-6-5-7-10-27)40(23-28-11-8-12-30(19-28)46-4)35(42)24-41(29-15-18-32(37)33(38)21-29)47(44,45)31-16-13-26(3)14-17-31/h5-19,21,25,34H,20,22-24H2,1-4H3,(H,39,43)/t34-/m0/s1. The number of carbonyl (C=O) groups is 2. The summed E-state index contributed by atoms with van der Waals surface area (Å²) in [5.41, 5.74) is 2.57. The van der Waals surface area contributed by atoms with Crippen LogP contribution in [0.3, 0.4) is 0 Å². The molecule has 0 aromatic heterocycles. The minimum atomic E-state index is -4.28. The third-order valence-corrected chi connectivity index (χ3v) is 10.0. The van der Waals surface area contributed by atoms with Crippen molar-refractivity contribution < 1.29 is 22.7 Å². The fourth-order valence-corrected chi connectivity index (χ4v) is 6.65. The van der Waals surface area contributed by atoms with E-state index in [-0.39, 0.29) is 45.4 Å². The first kappa shape index (κ1) is 35.8. The maximum atomic E-state index is 14.6. The van der Waals surface area contributed by atoms with Crippen molar-refractivity contribution in [2.75, 3.05) is 24.5 Å². The number of aryl methyl sites for hydroxylation is 1. The number of amides is 2. The van der Waals surface area contributed by atoms with Gasteiger partial charge in [-0.15, -0.1) is 0 Å². The molecule has 0 fully saturated rings. The fraction of sp³-hybridized carbons (Fsp3) is 0.278. The summed E-state index contributed by atoms with van der Waals surface area (Å²) in [4.78, 5) is 29.9. The second-order valence-electron chi connectivity index (χ2n) is 11.6. The Morgan fingerprint density at radius 3 is 2.17 bits per heavy atom. The Morgan fingerprint density at radius 1 is 0.851 bits per heavy atom. The van der Waals surface area contributed by atoms with E-state index in [9.17, 15) is 18.0 Å². The number of nitrogens with zero attached hydrogens (tertiary/aromatic N) is 2. The molecule has 0 aliphatic rings. The molecule has 4 rings (SSSR count). The van der Waals surface area contributed by atoms with E-state index >= 15 is 0 Å². The predicted molar refractivity (Wildman–Crippen MR) is 187 cm³/mol. The lowest BCUT2D eigenvalue weighted by molar-refractivity contribution is -0.140. The van der Waals surface area contributed by atoms with Crippen molar-refractivity contribution in [1.29, 1.82) is 0 Å². The molecule has 47 heavy (non-hydrogen) atoms. The van der Waals surface area contributed by atoms with Crippen molar-refractivity contribution in [2.24, 2.45) is 5.92 Å². The second kappa shape index (κ2) is 16.2. The molecule has 0 heterocycles. The van der Waals surface area contributed by atoms with E-state index in [1.54, 1.807) is 37.4 Å². The predicted octanol–water partition coefficient (Wildman–Crippen LogP) is 6.92.